The molecule has 0 aliphatic carbocycles. The first-order valence-electron chi connectivity index (χ1n) is 5.72. The zero-order valence-corrected chi connectivity index (χ0v) is 10.0. The fraction of sp³-hybridized carbons (Fsp3) is 0.385. The van der Waals surface area contributed by atoms with Crippen molar-refractivity contribution >= 4 is 23.3 Å². The highest BCUT2D eigenvalue weighted by Gasteiger charge is 2.16. The molecule has 0 radical (unpaired) electrons. The molecular formula is C13H17ClN2. The number of rotatable bonds is 1. The summed E-state index contributed by atoms with van der Waals surface area (Å²) in [6.45, 7) is 2.31. The summed E-state index contributed by atoms with van der Waals surface area (Å²) in [7, 11) is 0. The van der Waals surface area contributed by atoms with Crippen molar-refractivity contribution in [3.05, 3.63) is 36.0 Å². The van der Waals surface area contributed by atoms with Crippen LogP contribution in [0.1, 0.15) is 24.5 Å². The van der Waals surface area contributed by atoms with E-state index in [0.29, 0.717) is 0 Å². The van der Waals surface area contributed by atoms with E-state index in [1.54, 1.807) is 0 Å². The van der Waals surface area contributed by atoms with Gasteiger partial charge in [0.05, 0.1) is 0 Å². The molecule has 16 heavy (non-hydrogen) atoms. The third kappa shape index (κ3) is 2.08. The van der Waals surface area contributed by atoms with Crippen molar-refractivity contribution in [3.63, 3.8) is 0 Å². The highest BCUT2D eigenvalue weighted by atomic mass is 35.5. The average molecular weight is 237 g/mol. The second-order valence-corrected chi connectivity index (χ2v) is 4.34. The van der Waals surface area contributed by atoms with Crippen molar-refractivity contribution in [2.45, 2.75) is 18.8 Å². The third-order valence-corrected chi connectivity index (χ3v) is 3.33. The summed E-state index contributed by atoms with van der Waals surface area (Å²) in [6.07, 6.45) is 2.51. The number of benzene rings is 1. The van der Waals surface area contributed by atoms with E-state index in [-0.39, 0.29) is 12.4 Å². The minimum absolute atomic E-state index is 0. The summed E-state index contributed by atoms with van der Waals surface area (Å²) in [5.74, 6) is 0.721. The average Bonchev–Trinajstić information content (AvgIpc) is 2.74. The first-order valence-corrected chi connectivity index (χ1v) is 5.72. The molecule has 2 N–H and O–H groups in total. The van der Waals surface area contributed by atoms with Gasteiger partial charge in [0.15, 0.2) is 0 Å². The van der Waals surface area contributed by atoms with Crippen molar-refractivity contribution in [1.82, 2.24) is 10.3 Å². The number of H-pyrrole nitrogens is 1. The van der Waals surface area contributed by atoms with Gasteiger partial charge in [-0.25, -0.2) is 0 Å². The van der Waals surface area contributed by atoms with Gasteiger partial charge in [-0.15, -0.1) is 12.4 Å². The van der Waals surface area contributed by atoms with E-state index in [0.717, 1.165) is 19.0 Å². The molecule has 86 valence electrons. The van der Waals surface area contributed by atoms with Gasteiger partial charge in [0.25, 0.3) is 0 Å². The molecule has 0 unspecified atom stereocenters. The van der Waals surface area contributed by atoms with Gasteiger partial charge in [-0.1, -0.05) is 18.2 Å². The molecule has 1 fully saturated rings. The Morgan fingerprint density at radius 2 is 1.81 bits per heavy atom. The summed E-state index contributed by atoms with van der Waals surface area (Å²) >= 11 is 0. The lowest BCUT2D eigenvalue weighted by atomic mass is 9.95. The van der Waals surface area contributed by atoms with Crippen LogP contribution in [0.4, 0.5) is 0 Å². The number of piperidine rings is 1. The molecular weight excluding hydrogens is 220 g/mol. The van der Waals surface area contributed by atoms with Gasteiger partial charge in [0.1, 0.15) is 0 Å². The van der Waals surface area contributed by atoms with Crippen molar-refractivity contribution < 1.29 is 0 Å². The van der Waals surface area contributed by atoms with Crippen LogP contribution in [0.25, 0.3) is 10.9 Å². The Kier molecular flexibility index (Phi) is 3.52. The Balaban J connectivity index is 0.000000963. The Hall–Kier alpha value is -0.990. The number of aromatic amines is 1. The van der Waals surface area contributed by atoms with Crippen molar-refractivity contribution in [2.75, 3.05) is 13.1 Å². The monoisotopic (exact) mass is 236 g/mol. The lowest BCUT2D eigenvalue weighted by molar-refractivity contribution is 0.455. The molecule has 1 aromatic carbocycles. The number of hydrogen-bond donors (Lipinski definition) is 2. The van der Waals surface area contributed by atoms with Crippen LogP contribution in [-0.2, 0) is 0 Å². The number of para-hydroxylation sites is 1. The van der Waals surface area contributed by atoms with Crippen LogP contribution in [0.5, 0.6) is 0 Å². The largest absolute Gasteiger partial charge is 0.358 e. The first-order chi connectivity index (χ1) is 7.43. The summed E-state index contributed by atoms with van der Waals surface area (Å²) in [6, 6.07) is 10.8. The molecule has 1 aliphatic rings. The van der Waals surface area contributed by atoms with Gasteiger partial charge < -0.3 is 10.3 Å². The van der Waals surface area contributed by atoms with E-state index in [9.17, 15) is 0 Å². The molecule has 2 aromatic rings. The predicted octanol–water partition coefficient (Wildman–Crippen LogP) is 3.06. The number of nitrogens with one attached hydrogen (secondary N) is 2. The topological polar surface area (TPSA) is 27.8 Å². The van der Waals surface area contributed by atoms with Gasteiger partial charge >= 0.3 is 0 Å². The van der Waals surface area contributed by atoms with Gasteiger partial charge in [0, 0.05) is 17.1 Å². The lowest BCUT2D eigenvalue weighted by Gasteiger charge is -2.21. The molecule has 0 amide bonds. The molecule has 3 heteroatoms. The van der Waals surface area contributed by atoms with E-state index in [1.807, 2.05) is 0 Å². The number of fused-ring (bicyclic) bond motifs is 1. The molecule has 0 saturated carbocycles. The minimum Gasteiger partial charge on any atom is -0.358 e. The first kappa shape index (κ1) is 11.5. The summed E-state index contributed by atoms with van der Waals surface area (Å²) in [5, 5.41) is 4.74. The maximum atomic E-state index is 3.54. The van der Waals surface area contributed by atoms with Crippen LogP contribution in [0, 0.1) is 0 Å². The lowest BCUT2D eigenvalue weighted by Crippen LogP contribution is -2.26. The van der Waals surface area contributed by atoms with Crippen LogP contribution in [0.15, 0.2) is 30.3 Å². The molecule has 1 saturated heterocycles. The fourth-order valence-electron chi connectivity index (χ4n) is 2.45. The SMILES string of the molecule is Cl.c1ccc2[nH]c(C3CCNCC3)cc2c1. The molecule has 1 aromatic heterocycles. The van der Waals surface area contributed by atoms with Gasteiger partial charge in [-0.05, 0) is 43.5 Å². The van der Waals surface area contributed by atoms with Gasteiger partial charge in [0.2, 0.25) is 0 Å². The standard InChI is InChI=1S/C13H16N2.ClH/c1-2-4-12-11(3-1)9-13(15-12)10-5-7-14-8-6-10;/h1-4,9-10,14-15H,5-8H2;1H. The molecule has 1 aliphatic heterocycles. The molecule has 2 heterocycles. The van der Waals surface area contributed by atoms with E-state index >= 15 is 0 Å². The summed E-state index contributed by atoms with van der Waals surface area (Å²) in [5.41, 5.74) is 2.68. The Morgan fingerprint density at radius 3 is 2.56 bits per heavy atom. The van der Waals surface area contributed by atoms with Crippen LogP contribution in [0.3, 0.4) is 0 Å². The van der Waals surface area contributed by atoms with Crippen LogP contribution >= 0.6 is 12.4 Å². The number of hydrogen-bond acceptors (Lipinski definition) is 1. The summed E-state index contributed by atoms with van der Waals surface area (Å²) in [4.78, 5) is 3.54. The molecule has 0 atom stereocenters. The van der Waals surface area contributed by atoms with E-state index in [4.69, 9.17) is 0 Å². The van der Waals surface area contributed by atoms with Crippen LogP contribution in [-0.4, -0.2) is 18.1 Å². The fourth-order valence-corrected chi connectivity index (χ4v) is 2.45. The molecule has 0 bridgehead atoms. The van der Waals surface area contributed by atoms with E-state index in [2.05, 4.69) is 40.6 Å². The molecule has 0 spiro atoms. The third-order valence-electron chi connectivity index (χ3n) is 3.33. The minimum atomic E-state index is 0. The Labute approximate surface area is 102 Å². The number of aromatic nitrogens is 1. The molecule has 2 nitrogen and oxygen atoms in total. The van der Waals surface area contributed by atoms with E-state index in [1.165, 1.54) is 29.4 Å². The number of halogens is 1. The van der Waals surface area contributed by atoms with Gasteiger partial charge in [-0.3, -0.25) is 0 Å². The van der Waals surface area contributed by atoms with Crippen molar-refractivity contribution in [1.29, 1.82) is 0 Å². The van der Waals surface area contributed by atoms with Crippen molar-refractivity contribution in [2.24, 2.45) is 0 Å². The predicted molar refractivity (Wildman–Crippen MR) is 70.4 cm³/mol. The molecule has 3 rings (SSSR count). The summed E-state index contributed by atoms with van der Waals surface area (Å²) < 4.78 is 0. The van der Waals surface area contributed by atoms with E-state index < -0.39 is 0 Å². The van der Waals surface area contributed by atoms with Gasteiger partial charge in [-0.2, -0.15) is 0 Å². The zero-order valence-electron chi connectivity index (χ0n) is 9.20. The quantitative estimate of drug-likeness (QED) is 0.783. The highest BCUT2D eigenvalue weighted by Crippen LogP contribution is 2.27. The maximum absolute atomic E-state index is 3.54. The maximum Gasteiger partial charge on any atom is 0.0456 e. The second-order valence-electron chi connectivity index (χ2n) is 4.34. The Bertz CT molecular complexity index is 425. The highest BCUT2D eigenvalue weighted by molar-refractivity contribution is 5.85. The zero-order chi connectivity index (χ0) is 10.1. The van der Waals surface area contributed by atoms with Crippen LogP contribution in [0.2, 0.25) is 0 Å². The second kappa shape index (κ2) is 4.89. The van der Waals surface area contributed by atoms with Crippen molar-refractivity contribution in [3.8, 4) is 0 Å². The normalized spacial score (nSPS) is 17.2. The smallest absolute Gasteiger partial charge is 0.0456 e. The Morgan fingerprint density at radius 1 is 1.06 bits per heavy atom. The van der Waals surface area contributed by atoms with Crippen LogP contribution < -0.4 is 5.32 Å².